The molecule has 2 aliphatic carbocycles. The van der Waals surface area contributed by atoms with Crippen molar-refractivity contribution in [3.8, 4) is 5.75 Å². The third kappa shape index (κ3) is 5.13. The van der Waals surface area contributed by atoms with Crippen molar-refractivity contribution in [1.29, 1.82) is 0 Å². The first-order valence-electron chi connectivity index (χ1n) is 14.2. The molecule has 0 heterocycles. The Morgan fingerprint density at radius 3 is 1.88 bits per heavy atom. The van der Waals surface area contributed by atoms with Crippen molar-refractivity contribution in [2.45, 2.75) is 85.8 Å². The molecule has 210 valence electrons. The number of hydrogen-bond acceptors (Lipinski definition) is 6. The van der Waals surface area contributed by atoms with Crippen LogP contribution >= 0.6 is 0 Å². The van der Waals surface area contributed by atoms with Crippen LogP contribution in [0.1, 0.15) is 87.2 Å². The van der Waals surface area contributed by atoms with Gasteiger partial charge in [0.2, 0.25) is 0 Å². The van der Waals surface area contributed by atoms with E-state index in [1.165, 1.54) is 12.1 Å². The van der Waals surface area contributed by atoms with Gasteiger partial charge in [-0.05, 0) is 77.6 Å². The molecule has 4 aromatic carbocycles. The van der Waals surface area contributed by atoms with Gasteiger partial charge in [-0.15, -0.1) is 0 Å². The Hall–Kier alpha value is -2.94. The lowest BCUT2D eigenvalue weighted by atomic mass is 9.78. The van der Waals surface area contributed by atoms with Crippen molar-refractivity contribution in [3.05, 3.63) is 77.9 Å². The molecular formula is C32H33O6S2-. The van der Waals surface area contributed by atoms with E-state index in [1.807, 2.05) is 18.2 Å². The van der Waals surface area contributed by atoms with E-state index in [4.69, 9.17) is 4.18 Å². The topological polar surface area (TPSA) is 101 Å². The highest BCUT2D eigenvalue weighted by molar-refractivity contribution is 7.87. The molecule has 6 rings (SSSR count). The first-order chi connectivity index (χ1) is 19.2. The normalized spacial score (nSPS) is 17.8. The zero-order chi connectivity index (χ0) is 27.9. The third-order valence-electron chi connectivity index (χ3n) is 8.69. The molecule has 0 aliphatic heterocycles. The van der Waals surface area contributed by atoms with Crippen molar-refractivity contribution in [3.63, 3.8) is 0 Å². The Morgan fingerprint density at radius 2 is 1.23 bits per heavy atom. The smallest absolute Gasteiger partial charge is 0.339 e. The summed E-state index contributed by atoms with van der Waals surface area (Å²) >= 11 is 0. The van der Waals surface area contributed by atoms with Gasteiger partial charge in [0.25, 0.3) is 0 Å². The molecule has 0 amide bonds. The van der Waals surface area contributed by atoms with Gasteiger partial charge in [0.05, 0.1) is 4.90 Å². The molecule has 0 atom stereocenters. The van der Waals surface area contributed by atoms with Crippen molar-refractivity contribution in [2.24, 2.45) is 0 Å². The fourth-order valence-electron chi connectivity index (χ4n) is 6.87. The fourth-order valence-corrected chi connectivity index (χ4v) is 9.07. The number of rotatable bonds is 6. The van der Waals surface area contributed by atoms with E-state index in [1.54, 1.807) is 18.2 Å². The second-order valence-electron chi connectivity index (χ2n) is 11.2. The summed E-state index contributed by atoms with van der Waals surface area (Å²) in [6.45, 7) is 0. The summed E-state index contributed by atoms with van der Waals surface area (Å²) in [5.74, 6) is 0.249. The van der Waals surface area contributed by atoms with E-state index in [-0.39, 0.29) is 33.3 Å². The van der Waals surface area contributed by atoms with Gasteiger partial charge in [-0.2, -0.15) is 8.42 Å². The molecule has 0 unspecified atom stereocenters. The van der Waals surface area contributed by atoms with Gasteiger partial charge in [0.1, 0.15) is 15.0 Å². The summed E-state index contributed by atoms with van der Waals surface area (Å²) in [6, 6.07) is 18.9. The molecule has 2 fully saturated rings. The Morgan fingerprint density at radius 1 is 0.650 bits per heavy atom. The molecule has 0 spiro atoms. The Kier molecular flexibility index (Phi) is 7.36. The van der Waals surface area contributed by atoms with Crippen LogP contribution in [0, 0.1) is 0 Å². The Balaban J connectivity index is 1.58. The first kappa shape index (κ1) is 27.2. The van der Waals surface area contributed by atoms with Crippen LogP contribution in [0.2, 0.25) is 0 Å². The summed E-state index contributed by atoms with van der Waals surface area (Å²) in [5.41, 5.74) is 1.70. The van der Waals surface area contributed by atoms with Crippen LogP contribution in [0.15, 0.2) is 76.5 Å². The number of hydrogen-bond donors (Lipinski definition) is 0. The van der Waals surface area contributed by atoms with Crippen LogP contribution in [-0.2, 0) is 20.2 Å². The maximum absolute atomic E-state index is 14.5. The maximum Gasteiger partial charge on any atom is 0.339 e. The number of fused-ring (bicyclic) bond motifs is 2. The second-order valence-corrected chi connectivity index (χ2v) is 14.0. The van der Waals surface area contributed by atoms with Gasteiger partial charge < -0.3 is 8.74 Å². The summed E-state index contributed by atoms with van der Waals surface area (Å²) in [5, 5.41) is 2.41. The maximum atomic E-state index is 14.5. The monoisotopic (exact) mass is 577 g/mol. The van der Waals surface area contributed by atoms with E-state index in [2.05, 4.69) is 12.1 Å². The lowest BCUT2D eigenvalue weighted by molar-refractivity contribution is 0.422. The van der Waals surface area contributed by atoms with Crippen molar-refractivity contribution >= 4 is 41.8 Å². The summed E-state index contributed by atoms with van der Waals surface area (Å²) in [6.07, 6.45) is 10.3. The van der Waals surface area contributed by atoms with Crippen LogP contribution in [-0.4, -0.2) is 21.4 Å². The summed E-state index contributed by atoms with van der Waals surface area (Å²) in [7, 11) is -9.10. The first-order valence-corrected chi connectivity index (χ1v) is 17.0. The van der Waals surface area contributed by atoms with Crippen molar-refractivity contribution in [1.82, 2.24) is 0 Å². The van der Waals surface area contributed by atoms with Crippen LogP contribution < -0.4 is 4.18 Å². The molecule has 2 saturated carbocycles. The highest BCUT2D eigenvalue weighted by Crippen LogP contribution is 2.46. The molecule has 0 radical (unpaired) electrons. The molecule has 0 saturated heterocycles. The summed E-state index contributed by atoms with van der Waals surface area (Å²) < 4.78 is 70.7. The van der Waals surface area contributed by atoms with Gasteiger partial charge in [0, 0.05) is 10.8 Å². The van der Waals surface area contributed by atoms with E-state index < -0.39 is 25.1 Å². The quantitative estimate of drug-likeness (QED) is 0.171. The van der Waals surface area contributed by atoms with Gasteiger partial charge in [-0.3, -0.25) is 0 Å². The lowest BCUT2D eigenvalue weighted by Crippen LogP contribution is -2.20. The van der Waals surface area contributed by atoms with E-state index in [0.717, 1.165) is 92.2 Å². The molecular weight excluding hydrogens is 544 g/mol. The fraction of sp³-hybridized carbons (Fsp3) is 0.375. The molecule has 2 aliphatic rings. The van der Waals surface area contributed by atoms with Crippen molar-refractivity contribution < 1.29 is 25.6 Å². The van der Waals surface area contributed by atoms with Crippen LogP contribution in [0.4, 0.5) is 0 Å². The SMILES string of the molecule is O=S(=O)([O-])c1ccc(OS(=O)(=O)c2c(C3CCCCC3)cc3ccccc3c2C2CCCCC2)c2ccccc12. The van der Waals surface area contributed by atoms with Crippen molar-refractivity contribution in [2.75, 3.05) is 0 Å². The standard InChI is InChI=1S/C32H34O6S2/c33-39(34,35)30-20-19-29(26-17-9-10-18-27(26)30)38-40(36,37)32-28(22-11-3-1-4-12-22)21-24-15-7-8-16-25(24)31(32)23-13-5-2-6-14-23/h7-10,15-23H,1-6,11-14H2,(H,33,34,35)/p-1. The third-order valence-corrected chi connectivity index (χ3v) is 10.9. The molecule has 0 bridgehead atoms. The molecule has 0 aromatic heterocycles. The average molecular weight is 578 g/mol. The molecule has 4 aromatic rings. The van der Waals surface area contributed by atoms with Crippen LogP contribution in [0.25, 0.3) is 21.5 Å². The van der Waals surface area contributed by atoms with Crippen LogP contribution in [0.5, 0.6) is 5.75 Å². The predicted octanol–water partition coefficient (Wildman–Crippen LogP) is 7.76. The van der Waals surface area contributed by atoms with Gasteiger partial charge in [0.15, 0.2) is 5.75 Å². The van der Waals surface area contributed by atoms with Crippen LogP contribution in [0.3, 0.4) is 0 Å². The lowest BCUT2D eigenvalue weighted by Gasteiger charge is -2.30. The minimum Gasteiger partial charge on any atom is -0.744 e. The average Bonchev–Trinajstić information content (AvgIpc) is 2.96. The summed E-state index contributed by atoms with van der Waals surface area (Å²) in [4.78, 5) is -0.112. The molecule has 40 heavy (non-hydrogen) atoms. The number of benzene rings is 4. The van der Waals surface area contributed by atoms with Gasteiger partial charge in [-0.1, -0.05) is 87.1 Å². The van der Waals surface area contributed by atoms with E-state index >= 15 is 0 Å². The molecule has 8 heteroatoms. The zero-order valence-corrected chi connectivity index (χ0v) is 24.0. The van der Waals surface area contributed by atoms with E-state index in [9.17, 15) is 21.4 Å². The second kappa shape index (κ2) is 10.8. The van der Waals surface area contributed by atoms with Gasteiger partial charge >= 0.3 is 10.1 Å². The Labute approximate surface area is 236 Å². The molecule has 6 nitrogen and oxygen atoms in total. The zero-order valence-electron chi connectivity index (χ0n) is 22.3. The largest absolute Gasteiger partial charge is 0.744 e. The van der Waals surface area contributed by atoms with E-state index in [0.29, 0.717) is 0 Å². The highest BCUT2D eigenvalue weighted by Gasteiger charge is 2.34. The minimum atomic E-state index is -4.76. The Bertz CT molecular complexity index is 1780. The predicted molar refractivity (Wildman–Crippen MR) is 155 cm³/mol. The minimum absolute atomic E-state index is 0.0142. The molecule has 0 N–H and O–H groups in total. The highest BCUT2D eigenvalue weighted by atomic mass is 32.2. The van der Waals surface area contributed by atoms with Gasteiger partial charge in [-0.25, -0.2) is 8.42 Å².